The van der Waals surface area contributed by atoms with E-state index in [2.05, 4.69) is 9.72 Å². The Morgan fingerprint density at radius 2 is 1.79 bits per heavy atom. The molecule has 1 rings (SSSR count). The van der Waals surface area contributed by atoms with E-state index in [4.69, 9.17) is 0 Å². The summed E-state index contributed by atoms with van der Waals surface area (Å²) in [5, 5.41) is 1.23. The van der Waals surface area contributed by atoms with Gasteiger partial charge in [0, 0.05) is 12.4 Å². The van der Waals surface area contributed by atoms with Crippen molar-refractivity contribution in [2.45, 2.75) is 37.3 Å². The number of imidazole rings is 1. The Bertz CT molecular complexity index is 549. The summed E-state index contributed by atoms with van der Waals surface area (Å²) in [6.45, 7) is 0.904. The van der Waals surface area contributed by atoms with Gasteiger partial charge in [-0.05, 0) is 6.92 Å². The third-order valence-electron chi connectivity index (χ3n) is 2.81. The van der Waals surface area contributed by atoms with Gasteiger partial charge in [0.2, 0.25) is 0 Å². The molecular weight excluding hydrogens is 358 g/mol. The zero-order valence-electron chi connectivity index (χ0n) is 11.8. The summed E-state index contributed by atoms with van der Waals surface area (Å²) >= 11 is 0. The van der Waals surface area contributed by atoms with Crippen molar-refractivity contribution in [3.63, 3.8) is 0 Å². The number of hydrogen-bond acceptors (Lipinski definition) is 3. The molecule has 0 saturated heterocycles. The molecule has 1 heterocycles. The minimum Gasteiger partial charge on any atom is -0.450 e. The zero-order valence-corrected chi connectivity index (χ0v) is 11.8. The van der Waals surface area contributed by atoms with Gasteiger partial charge in [-0.15, -0.1) is 0 Å². The first kappa shape index (κ1) is 20.0. The number of alkyl halides is 8. The first-order valence-corrected chi connectivity index (χ1v) is 6.21. The predicted molar refractivity (Wildman–Crippen MR) is 62.3 cm³/mol. The van der Waals surface area contributed by atoms with Crippen LogP contribution in [0.2, 0.25) is 0 Å². The quantitative estimate of drug-likeness (QED) is 0.751. The lowest BCUT2D eigenvalue weighted by Crippen LogP contribution is -2.63. The Hall–Kier alpha value is -2.08. The molecule has 0 aliphatic rings. The minimum absolute atomic E-state index is 0.145. The van der Waals surface area contributed by atoms with Crippen LogP contribution < -0.4 is 5.32 Å². The maximum atomic E-state index is 14.0. The highest BCUT2D eigenvalue weighted by Crippen LogP contribution is 2.52. The molecule has 24 heavy (non-hydrogen) atoms. The molecular formula is C11H11F8N3O2. The standard InChI is InChI=1S/C11H11F8N3O2/c1-2-24-8(23)21-7(22-4-3-20-5-22)10(16,17)11(18,19)9(14,15)6(12)13/h3-7H,2H2,1H3,(H,21,23)/t7-/m0/s1. The van der Waals surface area contributed by atoms with Crippen LogP contribution in [0.1, 0.15) is 13.1 Å². The molecule has 0 aliphatic heterocycles. The highest BCUT2D eigenvalue weighted by molar-refractivity contribution is 5.67. The second-order valence-electron chi connectivity index (χ2n) is 4.40. The van der Waals surface area contributed by atoms with Gasteiger partial charge in [-0.1, -0.05) is 0 Å². The number of nitrogens with one attached hydrogen (secondary N) is 1. The Labute approximate surface area is 129 Å². The fraction of sp³-hybridized carbons (Fsp3) is 0.636. The number of carbonyl (C=O) groups excluding carboxylic acids is 1. The van der Waals surface area contributed by atoms with Crippen LogP contribution in [0.5, 0.6) is 0 Å². The zero-order chi connectivity index (χ0) is 18.8. The SMILES string of the molecule is CCOC(=O)N[C@@H](n1ccnc1)C(F)(F)C(F)(F)C(F)(F)C(F)F. The molecule has 138 valence electrons. The third kappa shape index (κ3) is 3.38. The van der Waals surface area contributed by atoms with Gasteiger partial charge in [0.1, 0.15) is 0 Å². The van der Waals surface area contributed by atoms with Gasteiger partial charge < -0.3 is 9.30 Å². The molecule has 5 nitrogen and oxygen atoms in total. The van der Waals surface area contributed by atoms with Gasteiger partial charge in [-0.3, -0.25) is 5.32 Å². The van der Waals surface area contributed by atoms with Crippen molar-refractivity contribution in [1.82, 2.24) is 14.9 Å². The maximum Gasteiger partial charge on any atom is 0.408 e. The molecule has 0 aromatic carbocycles. The van der Waals surface area contributed by atoms with E-state index in [0.29, 0.717) is 12.5 Å². The summed E-state index contributed by atoms with van der Waals surface area (Å²) in [6.07, 6.45) is -7.91. The normalized spacial score (nSPS) is 14.6. The lowest BCUT2D eigenvalue weighted by Gasteiger charge is -2.37. The van der Waals surface area contributed by atoms with Gasteiger partial charge in [0.05, 0.1) is 12.9 Å². The van der Waals surface area contributed by atoms with E-state index in [1.807, 2.05) is 0 Å². The summed E-state index contributed by atoms with van der Waals surface area (Å²) in [4.78, 5) is 14.5. The number of rotatable bonds is 7. The second-order valence-corrected chi connectivity index (χ2v) is 4.40. The van der Waals surface area contributed by atoms with E-state index in [-0.39, 0.29) is 11.2 Å². The van der Waals surface area contributed by atoms with E-state index in [1.54, 1.807) is 0 Å². The molecule has 0 fully saturated rings. The average Bonchev–Trinajstić information content (AvgIpc) is 2.98. The van der Waals surface area contributed by atoms with Gasteiger partial charge in [0.25, 0.3) is 0 Å². The van der Waals surface area contributed by atoms with Crippen molar-refractivity contribution < 1.29 is 44.7 Å². The Balaban J connectivity index is 3.31. The lowest BCUT2D eigenvalue weighted by molar-refractivity contribution is -0.349. The smallest absolute Gasteiger partial charge is 0.408 e. The molecule has 0 saturated carbocycles. The summed E-state index contributed by atoms with van der Waals surface area (Å²) in [7, 11) is 0. The monoisotopic (exact) mass is 369 g/mol. The lowest BCUT2D eigenvalue weighted by atomic mass is 10.0. The molecule has 0 bridgehead atoms. The van der Waals surface area contributed by atoms with Gasteiger partial charge in [0.15, 0.2) is 6.17 Å². The van der Waals surface area contributed by atoms with Crippen molar-refractivity contribution in [1.29, 1.82) is 0 Å². The molecule has 13 heteroatoms. The molecule has 1 atom stereocenters. The molecule has 0 spiro atoms. The summed E-state index contributed by atoms with van der Waals surface area (Å²) in [5.41, 5.74) is 0. The fourth-order valence-corrected chi connectivity index (χ4v) is 1.59. The Kier molecular flexibility index (Phi) is 5.66. The topological polar surface area (TPSA) is 56.1 Å². The van der Waals surface area contributed by atoms with Crippen LogP contribution >= 0.6 is 0 Å². The molecule has 0 unspecified atom stereocenters. The minimum atomic E-state index is -6.50. The maximum absolute atomic E-state index is 14.0. The van der Waals surface area contributed by atoms with Crippen LogP contribution in [0.25, 0.3) is 0 Å². The average molecular weight is 369 g/mol. The second kappa shape index (κ2) is 6.81. The number of hydrogen-bond donors (Lipinski definition) is 1. The highest BCUT2D eigenvalue weighted by Gasteiger charge is 2.78. The number of amides is 1. The summed E-state index contributed by atoms with van der Waals surface area (Å²) in [6, 6.07) is 0. The number of halogens is 8. The van der Waals surface area contributed by atoms with Gasteiger partial charge >= 0.3 is 30.3 Å². The van der Waals surface area contributed by atoms with Crippen molar-refractivity contribution in [3.8, 4) is 0 Å². The predicted octanol–water partition coefficient (Wildman–Crippen LogP) is 3.30. The largest absolute Gasteiger partial charge is 0.450 e. The van der Waals surface area contributed by atoms with Crippen LogP contribution in [0.4, 0.5) is 39.9 Å². The molecule has 1 N–H and O–H groups in total. The number of carbonyl (C=O) groups is 1. The first-order chi connectivity index (χ1) is 10.9. The molecule has 1 aromatic rings. The van der Waals surface area contributed by atoms with E-state index < -0.39 is 36.5 Å². The van der Waals surface area contributed by atoms with E-state index in [9.17, 15) is 39.9 Å². The van der Waals surface area contributed by atoms with Gasteiger partial charge in [-0.2, -0.15) is 26.3 Å². The Morgan fingerprint density at radius 1 is 1.21 bits per heavy atom. The highest BCUT2D eigenvalue weighted by atomic mass is 19.4. The summed E-state index contributed by atoms with van der Waals surface area (Å²) < 4.78 is 110. The molecule has 0 aliphatic carbocycles. The van der Waals surface area contributed by atoms with Crippen molar-refractivity contribution >= 4 is 6.09 Å². The van der Waals surface area contributed by atoms with Crippen LogP contribution in [0.3, 0.4) is 0 Å². The van der Waals surface area contributed by atoms with E-state index in [0.717, 1.165) is 6.20 Å². The first-order valence-electron chi connectivity index (χ1n) is 6.21. The fourth-order valence-electron chi connectivity index (χ4n) is 1.59. The molecule has 1 amide bonds. The third-order valence-corrected chi connectivity index (χ3v) is 2.81. The van der Waals surface area contributed by atoms with Crippen LogP contribution in [0, 0.1) is 0 Å². The van der Waals surface area contributed by atoms with Crippen molar-refractivity contribution in [3.05, 3.63) is 18.7 Å². The van der Waals surface area contributed by atoms with Crippen LogP contribution in [0.15, 0.2) is 18.7 Å². The number of nitrogens with zero attached hydrogens (tertiary/aromatic N) is 2. The molecule has 1 aromatic heterocycles. The number of aromatic nitrogens is 2. The van der Waals surface area contributed by atoms with Crippen LogP contribution in [-0.4, -0.2) is 46.4 Å². The number of ether oxygens (including phenoxy) is 1. The van der Waals surface area contributed by atoms with Crippen LogP contribution in [-0.2, 0) is 4.74 Å². The van der Waals surface area contributed by atoms with Crippen molar-refractivity contribution in [2.24, 2.45) is 0 Å². The van der Waals surface area contributed by atoms with Crippen molar-refractivity contribution in [2.75, 3.05) is 6.61 Å². The van der Waals surface area contributed by atoms with E-state index >= 15 is 0 Å². The van der Waals surface area contributed by atoms with Gasteiger partial charge in [-0.25, -0.2) is 18.6 Å². The number of alkyl carbamates (subject to hydrolysis) is 1. The summed E-state index contributed by atoms with van der Waals surface area (Å²) in [5.74, 6) is -18.7. The van der Waals surface area contributed by atoms with E-state index in [1.165, 1.54) is 12.2 Å². The Morgan fingerprint density at radius 3 is 2.21 bits per heavy atom. The molecule has 0 radical (unpaired) electrons.